The Balaban J connectivity index is 2.06. The fourth-order valence-electron chi connectivity index (χ4n) is 1.99. The van der Waals surface area contributed by atoms with Gasteiger partial charge in [-0.3, -0.25) is 0 Å². The average Bonchev–Trinajstić information content (AvgIpc) is 2.46. The lowest BCUT2D eigenvalue weighted by Gasteiger charge is -2.10. The maximum Gasteiger partial charge on any atom is 0.224 e. The monoisotopic (exact) mass is 288 g/mol. The molecule has 4 nitrogen and oxygen atoms in total. The smallest absolute Gasteiger partial charge is 0.224 e. The Morgan fingerprint density at radius 2 is 1.95 bits per heavy atom. The summed E-state index contributed by atoms with van der Waals surface area (Å²) in [5.41, 5.74) is 1.24. The highest BCUT2D eigenvalue weighted by atomic mass is 19.1. The molecule has 5 heteroatoms. The molecule has 0 fully saturated rings. The zero-order valence-corrected chi connectivity index (χ0v) is 12.5. The number of hydrogen-bond acceptors (Lipinski definition) is 4. The lowest BCUT2D eigenvalue weighted by atomic mass is 10.2. The van der Waals surface area contributed by atoms with Gasteiger partial charge in [0.1, 0.15) is 11.6 Å². The van der Waals surface area contributed by atoms with Crippen LogP contribution in [-0.2, 0) is 0 Å². The van der Waals surface area contributed by atoms with Crippen LogP contribution < -0.4 is 10.6 Å². The largest absolute Gasteiger partial charge is 0.354 e. The first-order valence-corrected chi connectivity index (χ1v) is 7.30. The van der Waals surface area contributed by atoms with Crippen LogP contribution in [0.15, 0.2) is 30.3 Å². The van der Waals surface area contributed by atoms with Crippen molar-refractivity contribution in [3.63, 3.8) is 0 Å². The predicted octanol–water partition coefficient (Wildman–Crippen LogP) is 4.27. The van der Waals surface area contributed by atoms with Crippen molar-refractivity contribution in [2.24, 2.45) is 0 Å². The van der Waals surface area contributed by atoms with Crippen LogP contribution in [0.2, 0.25) is 0 Å². The van der Waals surface area contributed by atoms with E-state index < -0.39 is 0 Å². The van der Waals surface area contributed by atoms with Gasteiger partial charge in [0.2, 0.25) is 5.95 Å². The van der Waals surface area contributed by atoms with E-state index in [1.165, 1.54) is 18.9 Å². The third-order valence-electron chi connectivity index (χ3n) is 3.05. The van der Waals surface area contributed by atoms with E-state index in [9.17, 15) is 4.39 Å². The van der Waals surface area contributed by atoms with E-state index in [1.807, 2.05) is 6.92 Å². The Labute approximate surface area is 124 Å². The summed E-state index contributed by atoms with van der Waals surface area (Å²) < 4.78 is 13.6. The molecule has 0 saturated heterocycles. The van der Waals surface area contributed by atoms with Gasteiger partial charge in [-0.1, -0.05) is 31.9 Å². The molecular weight excluding hydrogens is 267 g/mol. The van der Waals surface area contributed by atoms with Crippen molar-refractivity contribution in [1.29, 1.82) is 0 Å². The standard InChI is InChI=1S/C16H21FN4/c1-3-4-7-10-18-16-19-12(2)11-15(21-16)20-14-9-6-5-8-13(14)17/h5-6,8-9,11H,3-4,7,10H2,1-2H3,(H2,18,19,20,21). The van der Waals surface area contributed by atoms with Crippen molar-refractivity contribution in [3.8, 4) is 0 Å². The number of benzene rings is 1. The fraction of sp³-hybridized carbons (Fsp3) is 0.375. The third kappa shape index (κ3) is 4.70. The van der Waals surface area contributed by atoms with Gasteiger partial charge in [0.25, 0.3) is 0 Å². The topological polar surface area (TPSA) is 49.8 Å². The van der Waals surface area contributed by atoms with Gasteiger partial charge in [0, 0.05) is 18.3 Å². The summed E-state index contributed by atoms with van der Waals surface area (Å²) in [4.78, 5) is 8.71. The highest BCUT2D eigenvalue weighted by Gasteiger charge is 2.05. The van der Waals surface area contributed by atoms with Crippen LogP contribution >= 0.6 is 0 Å². The van der Waals surface area contributed by atoms with Crippen LogP contribution in [0.1, 0.15) is 31.9 Å². The van der Waals surface area contributed by atoms with Crippen LogP contribution in [0, 0.1) is 12.7 Å². The number of anilines is 3. The number of aryl methyl sites for hydroxylation is 1. The number of aromatic nitrogens is 2. The number of nitrogens with one attached hydrogen (secondary N) is 2. The van der Waals surface area contributed by atoms with Crippen LogP contribution in [0.5, 0.6) is 0 Å². The van der Waals surface area contributed by atoms with Gasteiger partial charge in [0.15, 0.2) is 0 Å². The Morgan fingerprint density at radius 3 is 2.71 bits per heavy atom. The number of hydrogen-bond donors (Lipinski definition) is 2. The van der Waals surface area contributed by atoms with E-state index in [1.54, 1.807) is 24.3 Å². The minimum absolute atomic E-state index is 0.300. The highest BCUT2D eigenvalue weighted by Crippen LogP contribution is 2.19. The minimum Gasteiger partial charge on any atom is -0.354 e. The van der Waals surface area contributed by atoms with Crippen molar-refractivity contribution >= 4 is 17.5 Å². The lowest BCUT2D eigenvalue weighted by molar-refractivity contribution is 0.632. The number of nitrogens with zero attached hydrogens (tertiary/aromatic N) is 2. The Hall–Kier alpha value is -2.17. The average molecular weight is 288 g/mol. The number of rotatable bonds is 7. The van der Waals surface area contributed by atoms with Gasteiger partial charge in [0.05, 0.1) is 5.69 Å². The molecule has 0 radical (unpaired) electrons. The van der Waals surface area contributed by atoms with Crippen LogP contribution in [0.4, 0.5) is 21.8 Å². The molecule has 0 spiro atoms. The number of para-hydroxylation sites is 1. The summed E-state index contributed by atoms with van der Waals surface area (Å²) in [6.45, 7) is 4.90. The minimum atomic E-state index is -0.300. The second kappa shape index (κ2) is 7.57. The van der Waals surface area contributed by atoms with Crippen LogP contribution in [0.25, 0.3) is 0 Å². The molecule has 0 atom stereocenters. The fourth-order valence-corrected chi connectivity index (χ4v) is 1.99. The Kier molecular flexibility index (Phi) is 5.49. The second-order valence-electron chi connectivity index (χ2n) is 4.96. The van der Waals surface area contributed by atoms with E-state index in [0.717, 1.165) is 18.7 Å². The second-order valence-corrected chi connectivity index (χ2v) is 4.96. The zero-order valence-electron chi connectivity index (χ0n) is 12.5. The van der Waals surface area contributed by atoms with Crippen molar-refractivity contribution in [1.82, 2.24) is 9.97 Å². The molecule has 0 aliphatic rings. The van der Waals surface area contributed by atoms with E-state index in [4.69, 9.17) is 0 Å². The molecule has 21 heavy (non-hydrogen) atoms. The normalized spacial score (nSPS) is 10.4. The van der Waals surface area contributed by atoms with Crippen molar-refractivity contribution < 1.29 is 4.39 Å². The molecular formula is C16H21FN4. The van der Waals surface area contributed by atoms with Gasteiger partial charge < -0.3 is 10.6 Å². The molecule has 2 aromatic rings. The van der Waals surface area contributed by atoms with Gasteiger partial charge in [-0.25, -0.2) is 9.37 Å². The summed E-state index contributed by atoms with van der Waals surface area (Å²) in [5.74, 6) is 0.863. The quantitative estimate of drug-likeness (QED) is 0.747. The highest BCUT2D eigenvalue weighted by molar-refractivity contribution is 5.58. The SMILES string of the molecule is CCCCCNc1nc(C)cc(Nc2ccccc2F)n1. The molecule has 1 aromatic carbocycles. The van der Waals surface area contributed by atoms with Gasteiger partial charge in [-0.05, 0) is 25.5 Å². The number of halogens is 1. The number of unbranched alkanes of at least 4 members (excludes halogenated alkanes) is 2. The van der Waals surface area contributed by atoms with Gasteiger partial charge >= 0.3 is 0 Å². The molecule has 0 saturated carbocycles. The summed E-state index contributed by atoms with van der Waals surface area (Å²) in [6, 6.07) is 8.33. The summed E-state index contributed by atoms with van der Waals surface area (Å²) in [5, 5.41) is 6.19. The van der Waals surface area contributed by atoms with Crippen molar-refractivity contribution in [3.05, 3.63) is 41.8 Å². The van der Waals surface area contributed by atoms with E-state index in [-0.39, 0.29) is 5.82 Å². The Bertz CT molecular complexity index is 586. The first-order valence-electron chi connectivity index (χ1n) is 7.30. The molecule has 1 heterocycles. The molecule has 0 aliphatic heterocycles. The maximum atomic E-state index is 13.6. The van der Waals surface area contributed by atoms with Gasteiger partial charge in [-0.15, -0.1) is 0 Å². The molecule has 0 amide bonds. The van der Waals surface area contributed by atoms with Crippen molar-refractivity contribution in [2.75, 3.05) is 17.2 Å². The molecule has 112 valence electrons. The van der Waals surface area contributed by atoms with Crippen LogP contribution in [0.3, 0.4) is 0 Å². The Morgan fingerprint density at radius 1 is 1.14 bits per heavy atom. The van der Waals surface area contributed by atoms with Crippen LogP contribution in [-0.4, -0.2) is 16.5 Å². The molecule has 2 N–H and O–H groups in total. The summed E-state index contributed by atoms with van der Waals surface area (Å²) in [6.07, 6.45) is 3.44. The van der Waals surface area contributed by atoms with E-state index >= 15 is 0 Å². The third-order valence-corrected chi connectivity index (χ3v) is 3.05. The zero-order chi connectivity index (χ0) is 15.1. The summed E-state index contributed by atoms with van der Waals surface area (Å²) >= 11 is 0. The molecule has 1 aromatic heterocycles. The van der Waals surface area contributed by atoms with Crippen molar-refractivity contribution in [2.45, 2.75) is 33.1 Å². The van der Waals surface area contributed by atoms with E-state index in [2.05, 4.69) is 27.5 Å². The first-order chi connectivity index (χ1) is 10.2. The molecule has 0 aliphatic carbocycles. The van der Waals surface area contributed by atoms with E-state index in [0.29, 0.717) is 17.5 Å². The lowest BCUT2D eigenvalue weighted by Crippen LogP contribution is -2.07. The molecule has 0 unspecified atom stereocenters. The molecule has 2 rings (SSSR count). The maximum absolute atomic E-state index is 13.6. The van der Waals surface area contributed by atoms with Gasteiger partial charge in [-0.2, -0.15) is 4.98 Å². The molecule has 0 bridgehead atoms. The summed E-state index contributed by atoms with van der Waals surface area (Å²) in [7, 11) is 0. The predicted molar refractivity (Wildman–Crippen MR) is 84.5 cm³/mol. The first kappa shape index (κ1) is 15.2.